The average molecular weight is 432 g/mol. The van der Waals surface area contributed by atoms with E-state index in [0.717, 1.165) is 11.1 Å². The van der Waals surface area contributed by atoms with E-state index in [2.05, 4.69) is 4.74 Å². The van der Waals surface area contributed by atoms with Gasteiger partial charge in [0.05, 0.1) is 18.8 Å². The van der Waals surface area contributed by atoms with Gasteiger partial charge < -0.3 is 14.6 Å². The average Bonchev–Trinajstić information content (AvgIpc) is 2.83. The lowest BCUT2D eigenvalue weighted by atomic mass is 10.0. The van der Waals surface area contributed by atoms with Gasteiger partial charge in [-0.25, -0.2) is 4.79 Å². The quantitative estimate of drug-likeness (QED) is 0.403. The van der Waals surface area contributed by atoms with Gasteiger partial charge in [0.15, 0.2) is 6.10 Å². The lowest BCUT2D eigenvalue weighted by Gasteiger charge is -2.19. The van der Waals surface area contributed by atoms with Crippen LogP contribution < -0.4 is 0 Å². The molecule has 0 radical (unpaired) electrons. The number of methoxy groups -OCH3 is 1. The third kappa shape index (κ3) is 6.12. The molecule has 1 N–H and O–H groups in total. The number of hydrogen-bond acceptors (Lipinski definition) is 6. The normalized spacial score (nSPS) is 11.6. The summed E-state index contributed by atoms with van der Waals surface area (Å²) in [5.41, 5.74) is 2.40. The molecule has 0 aliphatic heterocycles. The molecular formula is C26H24O6. The minimum Gasteiger partial charge on any atom is -0.465 e. The Morgan fingerprint density at radius 1 is 0.781 bits per heavy atom. The van der Waals surface area contributed by atoms with Crippen LogP contribution in [0.2, 0.25) is 0 Å². The van der Waals surface area contributed by atoms with Crippen molar-refractivity contribution in [2.75, 3.05) is 7.11 Å². The molecule has 6 heteroatoms. The summed E-state index contributed by atoms with van der Waals surface area (Å²) in [4.78, 5) is 36.4. The Kier molecular flexibility index (Phi) is 7.89. The van der Waals surface area contributed by atoms with E-state index in [-0.39, 0.29) is 6.42 Å². The molecule has 164 valence electrons. The fourth-order valence-corrected chi connectivity index (χ4v) is 3.28. The van der Waals surface area contributed by atoms with Crippen LogP contribution in [0.4, 0.5) is 0 Å². The van der Waals surface area contributed by atoms with Crippen LogP contribution in [0.5, 0.6) is 0 Å². The van der Waals surface area contributed by atoms with E-state index in [4.69, 9.17) is 4.74 Å². The van der Waals surface area contributed by atoms with Crippen molar-refractivity contribution in [1.29, 1.82) is 0 Å². The zero-order valence-electron chi connectivity index (χ0n) is 17.6. The third-order valence-electron chi connectivity index (χ3n) is 4.93. The lowest BCUT2D eigenvalue weighted by molar-refractivity contribution is -0.149. The van der Waals surface area contributed by atoms with Gasteiger partial charge in [0.25, 0.3) is 0 Å². The summed E-state index contributed by atoms with van der Waals surface area (Å²) in [5.74, 6) is -1.60. The Morgan fingerprint density at radius 3 is 1.81 bits per heavy atom. The van der Waals surface area contributed by atoms with Crippen molar-refractivity contribution in [2.24, 2.45) is 0 Å². The number of Topliss-reactive ketones (excluding diaryl/α,β-unsaturated/α-hetero) is 1. The zero-order chi connectivity index (χ0) is 22.9. The maximum atomic E-state index is 12.5. The summed E-state index contributed by atoms with van der Waals surface area (Å²) < 4.78 is 10.3. The Balaban J connectivity index is 1.61. The molecule has 3 aromatic rings. The minimum atomic E-state index is -1.10. The molecule has 3 aromatic carbocycles. The summed E-state index contributed by atoms with van der Waals surface area (Å²) in [6, 6.07) is 24.7. The standard InChI is InChI=1S/C26H24O6/c1-31-26(30)21-14-12-18(13-15-21)23(28)16-22(27)17-24(29)32-25(19-8-4-2-5-9-19)20-10-6-3-7-11-20/h2-15,23,25,28H,16-17H2,1H3/t23-/m1/s1. The summed E-state index contributed by atoms with van der Waals surface area (Å²) in [6.45, 7) is 0. The molecule has 0 aliphatic rings. The number of benzene rings is 3. The van der Waals surface area contributed by atoms with Crippen LogP contribution in [0.1, 0.15) is 52.1 Å². The van der Waals surface area contributed by atoms with Crippen molar-refractivity contribution in [3.8, 4) is 0 Å². The number of hydrogen-bond donors (Lipinski definition) is 1. The van der Waals surface area contributed by atoms with E-state index in [1.807, 2.05) is 60.7 Å². The second-order valence-corrected chi connectivity index (χ2v) is 7.24. The summed E-state index contributed by atoms with van der Waals surface area (Å²) in [6.07, 6.45) is -2.42. The predicted octanol–water partition coefficient (Wildman–Crippen LogP) is 4.19. The first-order valence-electron chi connectivity index (χ1n) is 10.2. The Morgan fingerprint density at radius 2 is 1.31 bits per heavy atom. The summed E-state index contributed by atoms with van der Waals surface area (Å²) in [7, 11) is 1.28. The van der Waals surface area contributed by atoms with Gasteiger partial charge in [-0.1, -0.05) is 72.8 Å². The Labute approximate surface area is 186 Å². The van der Waals surface area contributed by atoms with Crippen molar-refractivity contribution in [1.82, 2.24) is 0 Å². The smallest absolute Gasteiger partial charge is 0.337 e. The second-order valence-electron chi connectivity index (χ2n) is 7.24. The molecule has 0 spiro atoms. The zero-order valence-corrected chi connectivity index (χ0v) is 17.6. The molecule has 0 aromatic heterocycles. The molecule has 1 atom stereocenters. The van der Waals surface area contributed by atoms with Gasteiger partial charge in [0.2, 0.25) is 0 Å². The van der Waals surface area contributed by atoms with Gasteiger partial charge in [-0.3, -0.25) is 9.59 Å². The van der Waals surface area contributed by atoms with Crippen LogP contribution in [0, 0.1) is 0 Å². The van der Waals surface area contributed by atoms with Gasteiger partial charge >= 0.3 is 11.9 Å². The first-order chi connectivity index (χ1) is 15.5. The van der Waals surface area contributed by atoms with Gasteiger partial charge in [0, 0.05) is 6.42 Å². The summed E-state index contributed by atoms with van der Waals surface area (Å²) in [5, 5.41) is 10.3. The SMILES string of the molecule is COC(=O)c1ccc([C@H](O)CC(=O)CC(=O)OC(c2ccccc2)c2ccccc2)cc1. The van der Waals surface area contributed by atoms with E-state index in [0.29, 0.717) is 11.1 Å². The van der Waals surface area contributed by atoms with Crippen LogP contribution in [0.3, 0.4) is 0 Å². The van der Waals surface area contributed by atoms with Crippen molar-refractivity contribution in [3.63, 3.8) is 0 Å². The highest BCUT2D eigenvalue weighted by atomic mass is 16.5. The monoisotopic (exact) mass is 432 g/mol. The highest BCUT2D eigenvalue weighted by molar-refractivity contribution is 5.96. The number of carbonyl (C=O) groups excluding carboxylic acids is 3. The van der Waals surface area contributed by atoms with E-state index >= 15 is 0 Å². The largest absolute Gasteiger partial charge is 0.465 e. The first-order valence-corrected chi connectivity index (χ1v) is 10.2. The molecule has 0 unspecified atom stereocenters. The maximum absolute atomic E-state index is 12.5. The minimum absolute atomic E-state index is 0.242. The molecule has 0 fully saturated rings. The molecule has 0 saturated heterocycles. The fraction of sp³-hybridized carbons (Fsp3) is 0.192. The van der Waals surface area contributed by atoms with E-state index < -0.39 is 36.4 Å². The highest BCUT2D eigenvalue weighted by Crippen LogP contribution is 2.27. The van der Waals surface area contributed by atoms with Crippen molar-refractivity contribution < 1.29 is 29.0 Å². The topological polar surface area (TPSA) is 89.9 Å². The molecular weight excluding hydrogens is 408 g/mol. The molecule has 0 heterocycles. The number of aliphatic hydroxyl groups excluding tert-OH is 1. The summed E-state index contributed by atoms with van der Waals surface area (Å²) >= 11 is 0. The maximum Gasteiger partial charge on any atom is 0.337 e. The van der Waals surface area contributed by atoms with Crippen LogP contribution >= 0.6 is 0 Å². The Hall–Kier alpha value is -3.77. The first kappa shape index (κ1) is 22.9. The molecule has 0 aliphatic carbocycles. The lowest BCUT2D eigenvalue weighted by Crippen LogP contribution is -2.17. The van der Waals surface area contributed by atoms with E-state index in [9.17, 15) is 19.5 Å². The van der Waals surface area contributed by atoms with Crippen molar-refractivity contribution in [3.05, 3.63) is 107 Å². The number of carbonyl (C=O) groups is 3. The van der Waals surface area contributed by atoms with Crippen LogP contribution in [-0.4, -0.2) is 29.9 Å². The fourth-order valence-electron chi connectivity index (χ4n) is 3.28. The number of aliphatic hydroxyl groups is 1. The highest BCUT2D eigenvalue weighted by Gasteiger charge is 2.22. The van der Waals surface area contributed by atoms with Gasteiger partial charge in [-0.15, -0.1) is 0 Å². The number of esters is 2. The van der Waals surface area contributed by atoms with E-state index in [1.165, 1.54) is 19.2 Å². The molecule has 6 nitrogen and oxygen atoms in total. The van der Waals surface area contributed by atoms with Crippen LogP contribution in [0.25, 0.3) is 0 Å². The molecule has 0 saturated carbocycles. The van der Waals surface area contributed by atoms with Crippen LogP contribution in [-0.2, 0) is 19.1 Å². The van der Waals surface area contributed by atoms with Crippen molar-refractivity contribution in [2.45, 2.75) is 25.0 Å². The van der Waals surface area contributed by atoms with Gasteiger partial charge in [-0.05, 0) is 28.8 Å². The number of ketones is 1. The van der Waals surface area contributed by atoms with Crippen molar-refractivity contribution >= 4 is 17.7 Å². The van der Waals surface area contributed by atoms with Gasteiger partial charge in [-0.2, -0.15) is 0 Å². The Bertz CT molecular complexity index is 1010. The predicted molar refractivity (Wildman–Crippen MR) is 118 cm³/mol. The molecule has 0 bridgehead atoms. The number of ether oxygens (including phenoxy) is 2. The second kappa shape index (κ2) is 11.0. The van der Waals surface area contributed by atoms with Crippen LogP contribution in [0.15, 0.2) is 84.9 Å². The molecule has 32 heavy (non-hydrogen) atoms. The van der Waals surface area contributed by atoms with Gasteiger partial charge in [0.1, 0.15) is 12.2 Å². The van der Waals surface area contributed by atoms with E-state index in [1.54, 1.807) is 12.1 Å². The number of rotatable bonds is 9. The molecule has 0 amide bonds. The third-order valence-corrected chi connectivity index (χ3v) is 4.93. The molecule has 3 rings (SSSR count).